The maximum absolute atomic E-state index is 11.0. The topological polar surface area (TPSA) is 103 Å². The average Bonchev–Trinajstić information content (AvgIpc) is 3.52. The molecule has 1 aliphatic heterocycles. The number of aromatic nitrogens is 2. The highest BCUT2D eigenvalue weighted by Gasteiger charge is 2.24. The van der Waals surface area contributed by atoms with Gasteiger partial charge in [0.05, 0.1) is 13.0 Å². The summed E-state index contributed by atoms with van der Waals surface area (Å²) in [4.78, 5) is 20.1. The minimum Gasteiger partial charge on any atom is -0.494 e. The van der Waals surface area contributed by atoms with Gasteiger partial charge in [0.1, 0.15) is 5.75 Å². The average molecular weight is 490 g/mol. The molecule has 2 heterocycles. The summed E-state index contributed by atoms with van der Waals surface area (Å²) >= 11 is 0. The maximum atomic E-state index is 11.0. The van der Waals surface area contributed by atoms with Crippen LogP contribution in [0.25, 0.3) is 11.4 Å². The van der Waals surface area contributed by atoms with E-state index < -0.39 is 5.97 Å². The first kappa shape index (κ1) is 24.1. The van der Waals surface area contributed by atoms with Gasteiger partial charge in [-0.1, -0.05) is 6.07 Å². The number of ether oxygens (including phenoxy) is 3. The highest BCUT2D eigenvalue weighted by atomic mass is 16.7. The Morgan fingerprint density at radius 1 is 1.08 bits per heavy atom. The Labute approximate surface area is 210 Å². The number of carboxylic acid groups (broad SMARTS) is 1. The van der Waals surface area contributed by atoms with Crippen LogP contribution >= 0.6 is 0 Å². The Morgan fingerprint density at radius 3 is 2.89 bits per heavy atom. The molecule has 0 unspecified atom stereocenters. The van der Waals surface area contributed by atoms with Gasteiger partial charge in [-0.25, -0.2) is 9.97 Å². The molecule has 5 rings (SSSR count). The molecule has 0 amide bonds. The molecule has 188 valence electrons. The Kier molecular flexibility index (Phi) is 7.61. The SMILES string of the molecule is O=C(O)C[C@@H]1CCc2cc(OCCCNCCCc3ccnc(-c4ccc5c(c4)OCO5)n3)ccc21. The highest BCUT2D eigenvalue weighted by molar-refractivity contribution is 5.68. The molecule has 0 bridgehead atoms. The van der Waals surface area contributed by atoms with E-state index in [9.17, 15) is 4.79 Å². The smallest absolute Gasteiger partial charge is 0.303 e. The van der Waals surface area contributed by atoms with E-state index in [0.717, 1.165) is 79.3 Å². The Bertz CT molecular complexity index is 1220. The third kappa shape index (κ3) is 5.94. The number of carbonyl (C=O) groups is 1. The molecule has 2 aromatic carbocycles. The molecular weight excluding hydrogens is 458 g/mol. The van der Waals surface area contributed by atoms with E-state index in [1.54, 1.807) is 6.20 Å². The van der Waals surface area contributed by atoms with Crippen LogP contribution in [-0.4, -0.2) is 47.5 Å². The first-order valence-electron chi connectivity index (χ1n) is 12.6. The van der Waals surface area contributed by atoms with Crippen molar-refractivity contribution in [3.63, 3.8) is 0 Å². The standard InChI is InChI=1S/C28H31N3O5/c32-27(33)17-20-5-4-19-15-23(7-8-24(19)20)34-14-2-12-29-11-1-3-22-10-13-30-28(31-22)21-6-9-25-26(16-21)36-18-35-25/h6-10,13,15-16,20,29H,1-5,11-12,14,17-18H2,(H,32,33)/t20-/m0/s1. The normalized spacial score (nSPS) is 15.6. The summed E-state index contributed by atoms with van der Waals surface area (Å²) in [5.74, 6) is 2.45. The second kappa shape index (κ2) is 11.4. The van der Waals surface area contributed by atoms with E-state index >= 15 is 0 Å². The van der Waals surface area contributed by atoms with Crippen molar-refractivity contribution in [2.75, 3.05) is 26.5 Å². The Hall–Kier alpha value is -3.65. The Balaban J connectivity index is 0.989. The van der Waals surface area contributed by atoms with Crippen molar-refractivity contribution in [3.8, 4) is 28.6 Å². The lowest BCUT2D eigenvalue weighted by Gasteiger charge is -2.11. The van der Waals surface area contributed by atoms with E-state index in [2.05, 4.69) is 16.4 Å². The first-order valence-corrected chi connectivity index (χ1v) is 12.6. The van der Waals surface area contributed by atoms with Crippen molar-refractivity contribution in [3.05, 3.63) is 65.5 Å². The molecule has 0 spiro atoms. The summed E-state index contributed by atoms with van der Waals surface area (Å²) in [6, 6.07) is 13.8. The van der Waals surface area contributed by atoms with Gasteiger partial charge in [-0.2, -0.15) is 0 Å². The van der Waals surface area contributed by atoms with Gasteiger partial charge < -0.3 is 24.6 Å². The lowest BCUT2D eigenvalue weighted by molar-refractivity contribution is -0.137. The van der Waals surface area contributed by atoms with Crippen LogP contribution in [0.2, 0.25) is 0 Å². The van der Waals surface area contributed by atoms with Gasteiger partial charge in [0.2, 0.25) is 6.79 Å². The number of hydrogen-bond donors (Lipinski definition) is 2. The summed E-state index contributed by atoms with van der Waals surface area (Å²) in [6.07, 6.45) is 6.62. The van der Waals surface area contributed by atoms with Crippen molar-refractivity contribution in [2.45, 2.75) is 44.4 Å². The number of fused-ring (bicyclic) bond motifs is 2. The second-order valence-electron chi connectivity index (χ2n) is 9.19. The van der Waals surface area contributed by atoms with Crippen molar-refractivity contribution in [1.82, 2.24) is 15.3 Å². The zero-order chi connectivity index (χ0) is 24.7. The number of aliphatic carboxylic acids is 1. The van der Waals surface area contributed by atoms with E-state index in [1.165, 1.54) is 5.56 Å². The van der Waals surface area contributed by atoms with Gasteiger partial charge in [0.25, 0.3) is 0 Å². The van der Waals surface area contributed by atoms with E-state index in [-0.39, 0.29) is 19.1 Å². The molecular formula is C28H31N3O5. The van der Waals surface area contributed by atoms with Crippen molar-refractivity contribution in [2.24, 2.45) is 0 Å². The number of aryl methyl sites for hydroxylation is 2. The van der Waals surface area contributed by atoms with Gasteiger partial charge >= 0.3 is 5.97 Å². The zero-order valence-electron chi connectivity index (χ0n) is 20.2. The largest absolute Gasteiger partial charge is 0.494 e. The van der Waals surface area contributed by atoms with Crippen LogP contribution in [0.1, 0.15) is 48.4 Å². The molecule has 0 radical (unpaired) electrons. The molecule has 3 aromatic rings. The molecule has 8 heteroatoms. The van der Waals surface area contributed by atoms with Crippen LogP contribution in [0.15, 0.2) is 48.7 Å². The van der Waals surface area contributed by atoms with Gasteiger partial charge in [-0.05, 0) is 98.6 Å². The van der Waals surface area contributed by atoms with Crippen LogP contribution in [0, 0.1) is 0 Å². The van der Waals surface area contributed by atoms with Crippen LogP contribution in [-0.2, 0) is 17.6 Å². The van der Waals surface area contributed by atoms with Gasteiger partial charge in [-0.15, -0.1) is 0 Å². The number of hydrogen-bond acceptors (Lipinski definition) is 7. The van der Waals surface area contributed by atoms with Crippen molar-refractivity contribution < 1.29 is 24.1 Å². The minimum atomic E-state index is -0.733. The highest BCUT2D eigenvalue weighted by Crippen LogP contribution is 2.37. The summed E-state index contributed by atoms with van der Waals surface area (Å²) in [5.41, 5.74) is 4.33. The van der Waals surface area contributed by atoms with Crippen molar-refractivity contribution in [1.29, 1.82) is 0 Å². The second-order valence-corrected chi connectivity index (χ2v) is 9.19. The van der Waals surface area contributed by atoms with Crippen LogP contribution < -0.4 is 19.5 Å². The molecule has 0 fully saturated rings. The first-order chi connectivity index (χ1) is 17.7. The minimum absolute atomic E-state index is 0.133. The fraction of sp³-hybridized carbons (Fsp3) is 0.393. The van der Waals surface area contributed by atoms with Crippen LogP contribution in [0.4, 0.5) is 0 Å². The Morgan fingerprint density at radius 2 is 1.97 bits per heavy atom. The molecule has 2 aliphatic rings. The third-order valence-electron chi connectivity index (χ3n) is 6.63. The molecule has 8 nitrogen and oxygen atoms in total. The number of nitrogens with zero attached hydrogens (tertiary/aromatic N) is 2. The number of benzene rings is 2. The monoisotopic (exact) mass is 489 g/mol. The lowest BCUT2D eigenvalue weighted by Crippen LogP contribution is -2.19. The third-order valence-corrected chi connectivity index (χ3v) is 6.63. The molecule has 1 atom stereocenters. The van der Waals surface area contributed by atoms with Gasteiger partial charge in [0.15, 0.2) is 17.3 Å². The molecule has 2 N–H and O–H groups in total. The fourth-order valence-electron chi connectivity index (χ4n) is 4.81. The van der Waals surface area contributed by atoms with Crippen LogP contribution in [0.3, 0.4) is 0 Å². The lowest BCUT2D eigenvalue weighted by atomic mass is 9.98. The fourth-order valence-corrected chi connectivity index (χ4v) is 4.81. The summed E-state index contributed by atoms with van der Waals surface area (Å²) < 4.78 is 16.7. The molecule has 0 saturated heterocycles. The number of rotatable bonds is 12. The van der Waals surface area contributed by atoms with Gasteiger partial charge in [0, 0.05) is 17.5 Å². The van der Waals surface area contributed by atoms with Gasteiger partial charge in [-0.3, -0.25) is 4.79 Å². The van der Waals surface area contributed by atoms with E-state index in [1.807, 2.05) is 36.4 Å². The summed E-state index contributed by atoms with van der Waals surface area (Å²) in [6.45, 7) is 2.70. The predicted molar refractivity (Wildman–Crippen MR) is 135 cm³/mol. The van der Waals surface area contributed by atoms with Crippen LogP contribution in [0.5, 0.6) is 17.2 Å². The number of carboxylic acids is 1. The van der Waals surface area contributed by atoms with E-state index in [4.69, 9.17) is 24.3 Å². The summed E-state index contributed by atoms with van der Waals surface area (Å²) in [7, 11) is 0. The molecule has 1 aliphatic carbocycles. The molecule has 0 saturated carbocycles. The molecule has 36 heavy (non-hydrogen) atoms. The zero-order valence-corrected chi connectivity index (χ0v) is 20.2. The molecule has 1 aromatic heterocycles. The predicted octanol–water partition coefficient (Wildman–Crippen LogP) is 4.37. The van der Waals surface area contributed by atoms with Crippen molar-refractivity contribution >= 4 is 5.97 Å². The number of nitrogens with one attached hydrogen (secondary N) is 1. The maximum Gasteiger partial charge on any atom is 0.303 e. The van der Waals surface area contributed by atoms with E-state index in [0.29, 0.717) is 12.4 Å². The summed E-state index contributed by atoms with van der Waals surface area (Å²) in [5, 5.41) is 12.5. The quantitative estimate of drug-likeness (QED) is 0.362.